The van der Waals surface area contributed by atoms with Gasteiger partial charge in [0, 0.05) is 49.8 Å². The van der Waals surface area contributed by atoms with Gasteiger partial charge in [0.25, 0.3) is 0 Å². The summed E-state index contributed by atoms with van der Waals surface area (Å²) in [7, 11) is 0. The number of amides is 1. The minimum atomic E-state index is -0.449. The molecule has 6 nitrogen and oxygen atoms in total. The van der Waals surface area contributed by atoms with E-state index in [9.17, 15) is 9.59 Å². The SMILES string of the molecule is C=CCN(CCO)Cc1cc(=O)oc2cc(NC(C)=O)ccc12. The molecule has 2 N–H and O–H groups in total. The molecule has 0 aliphatic heterocycles. The number of carbonyl (C=O) groups excluding carboxylic acids is 1. The fourth-order valence-corrected chi connectivity index (χ4v) is 2.44. The molecule has 0 fully saturated rings. The predicted octanol–water partition coefficient (Wildman–Crippen LogP) is 1.73. The monoisotopic (exact) mass is 316 g/mol. The van der Waals surface area contributed by atoms with Gasteiger partial charge in [0.2, 0.25) is 5.91 Å². The molecule has 2 rings (SSSR count). The highest BCUT2D eigenvalue weighted by atomic mass is 16.4. The Kier molecular flexibility index (Phi) is 5.67. The Balaban J connectivity index is 2.41. The Morgan fingerprint density at radius 3 is 2.87 bits per heavy atom. The van der Waals surface area contributed by atoms with Crippen LogP contribution in [0.3, 0.4) is 0 Å². The van der Waals surface area contributed by atoms with E-state index in [4.69, 9.17) is 9.52 Å². The van der Waals surface area contributed by atoms with E-state index in [-0.39, 0.29) is 12.5 Å². The van der Waals surface area contributed by atoms with Crippen LogP contribution in [0, 0.1) is 0 Å². The van der Waals surface area contributed by atoms with Crippen molar-refractivity contribution in [3.05, 3.63) is 52.9 Å². The fraction of sp³-hybridized carbons (Fsp3) is 0.294. The van der Waals surface area contributed by atoms with Gasteiger partial charge < -0.3 is 14.8 Å². The molecule has 0 unspecified atom stereocenters. The zero-order chi connectivity index (χ0) is 16.8. The van der Waals surface area contributed by atoms with Crippen LogP contribution in [0.2, 0.25) is 0 Å². The van der Waals surface area contributed by atoms with E-state index in [2.05, 4.69) is 11.9 Å². The smallest absolute Gasteiger partial charge is 0.336 e. The van der Waals surface area contributed by atoms with Crippen LogP contribution in [-0.4, -0.2) is 35.6 Å². The number of anilines is 1. The number of hydrogen-bond donors (Lipinski definition) is 2. The summed E-state index contributed by atoms with van der Waals surface area (Å²) in [5, 5.41) is 12.6. The Labute approximate surface area is 134 Å². The summed E-state index contributed by atoms with van der Waals surface area (Å²) in [6.45, 7) is 6.72. The van der Waals surface area contributed by atoms with Gasteiger partial charge in [-0.25, -0.2) is 4.79 Å². The largest absolute Gasteiger partial charge is 0.423 e. The predicted molar refractivity (Wildman–Crippen MR) is 89.3 cm³/mol. The molecule has 1 aromatic carbocycles. The van der Waals surface area contributed by atoms with Crippen molar-refractivity contribution in [2.75, 3.05) is 25.0 Å². The first kappa shape index (κ1) is 16.9. The molecule has 0 saturated carbocycles. The van der Waals surface area contributed by atoms with E-state index in [1.54, 1.807) is 18.2 Å². The molecule has 122 valence electrons. The standard InChI is InChI=1S/C17H20N2O4/c1-3-6-19(7-8-20)11-13-9-17(22)23-16-10-14(18-12(2)21)4-5-15(13)16/h3-5,9-10,20H,1,6-8,11H2,2H3,(H,18,21). The van der Waals surface area contributed by atoms with Crippen LogP contribution in [0.1, 0.15) is 12.5 Å². The van der Waals surface area contributed by atoms with E-state index < -0.39 is 5.63 Å². The highest BCUT2D eigenvalue weighted by Crippen LogP contribution is 2.22. The number of rotatable bonds is 7. The minimum Gasteiger partial charge on any atom is -0.423 e. The molecule has 2 aromatic rings. The molecule has 0 saturated heterocycles. The number of nitrogens with one attached hydrogen (secondary N) is 1. The number of hydrogen-bond acceptors (Lipinski definition) is 5. The van der Waals surface area contributed by atoms with E-state index in [0.29, 0.717) is 30.9 Å². The molecule has 0 aliphatic carbocycles. The van der Waals surface area contributed by atoms with Crippen molar-refractivity contribution in [2.24, 2.45) is 0 Å². The van der Waals surface area contributed by atoms with Crippen molar-refractivity contribution in [2.45, 2.75) is 13.5 Å². The normalized spacial score (nSPS) is 10.9. The second-order valence-corrected chi connectivity index (χ2v) is 5.23. The lowest BCUT2D eigenvalue weighted by molar-refractivity contribution is -0.114. The number of aliphatic hydroxyl groups excluding tert-OH is 1. The number of carbonyl (C=O) groups is 1. The van der Waals surface area contributed by atoms with Gasteiger partial charge in [-0.15, -0.1) is 6.58 Å². The van der Waals surface area contributed by atoms with Crippen molar-refractivity contribution >= 4 is 22.6 Å². The van der Waals surface area contributed by atoms with Crippen LogP contribution in [0.25, 0.3) is 11.0 Å². The average molecular weight is 316 g/mol. The summed E-state index contributed by atoms with van der Waals surface area (Å²) in [5.74, 6) is -0.192. The summed E-state index contributed by atoms with van der Waals surface area (Å²) in [6.07, 6.45) is 1.75. The molecule has 23 heavy (non-hydrogen) atoms. The number of benzene rings is 1. The zero-order valence-corrected chi connectivity index (χ0v) is 13.0. The quantitative estimate of drug-likeness (QED) is 0.600. The van der Waals surface area contributed by atoms with E-state index in [1.807, 2.05) is 11.0 Å². The number of fused-ring (bicyclic) bond motifs is 1. The van der Waals surface area contributed by atoms with E-state index >= 15 is 0 Å². The summed E-state index contributed by atoms with van der Waals surface area (Å²) in [5.41, 5.74) is 1.35. The average Bonchev–Trinajstić information content (AvgIpc) is 2.46. The Morgan fingerprint density at radius 1 is 1.43 bits per heavy atom. The second-order valence-electron chi connectivity index (χ2n) is 5.23. The van der Waals surface area contributed by atoms with Crippen molar-refractivity contribution in [3.63, 3.8) is 0 Å². The third-order valence-corrected chi connectivity index (χ3v) is 3.35. The van der Waals surface area contributed by atoms with Crippen molar-refractivity contribution in [1.82, 2.24) is 4.90 Å². The Hall–Kier alpha value is -2.44. The second kappa shape index (κ2) is 7.71. The maximum absolute atomic E-state index is 11.8. The highest BCUT2D eigenvalue weighted by Gasteiger charge is 2.11. The number of nitrogens with zero attached hydrogens (tertiary/aromatic N) is 1. The minimum absolute atomic E-state index is 0.0277. The van der Waals surface area contributed by atoms with Gasteiger partial charge in [0.15, 0.2) is 0 Å². The van der Waals surface area contributed by atoms with Gasteiger partial charge in [0.1, 0.15) is 5.58 Å². The lowest BCUT2D eigenvalue weighted by Gasteiger charge is -2.20. The van der Waals surface area contributed by atoms with Crippen LogP contribution in [0.5, 0.6) is 0 Å². The van der Waals surface area contributed by atoms with E-state index in [0.717, 1.165) is 10.9 Å². The van der Waals surface area contributed by atoms with Gasteiger partial charge in [0.05, 0.1) is 6.61 Å². The lowest BCUT2D eigenvalue weighted by Crippen LogP contribution is -2.27. The Bertz CT molecular complexity index is 767. The molecule has 0 atom stereocenters. The molecule has 0 spiro atoms. The molecular formula is C17H20N2O4. The van der Waals surface area contributed by atoms with Crippen molar-refractivity contribution < 1.29 is 14.3 Å². The fourth-order valence-electron chi connectivity index (χ4n) is 2.44. The molecule has 0 aliphatic rings. The van der Waals surface area contributed by atoms with Crippen molar-refractivity contribution in [3.8, 4) is 0 Å². The maximum atomic E-state index is 11.8. The summed E-state index contributed by atoms with van der Waals surface area (Å²) < 4.78 is 5.23. The summed E-state index contributed by atoms with van der Waals surface area (Å²) >= 11 is 0. The van der Waals surface area contributed by atoms with Gasteiger partial charge in [-0.1, -0.05) is 6.08 Å². The molecule has 1 amide bonds. The van der Waals surface area contributed by atoms with Crippen LogP contribution < -0.4 is 10.9 Å². The van der Waals surface area contributed by atoms with Gasteiger partial charge >= 0.3 is 5.63 Å². The van der Waals surface area contributed by atoms with Crippen LogP contribution >= 0.6 is 0 Å². The molecular weight excluding hydrogens is 296 g/mol. The third-order valence-electron chi connectivity index (χ3n) is 3.35. The van der Waals surface area contributed by atoms with Gasteiger partial charge in [-0.05, 0) is 17.7 Å². The topological polar surface area (TPSA) is 82.8 Å². The van der Waals surface area contributed by atoms with Gasteiger partial charge in [-0.2, -0.15) is 0 Å². The Morgan fingerprint density at radius 2 is 2.22 bits per heavy atom. The molecule has 1 heterocycles. The van der Waals surface area contributed by atoms with E-state index in [1.165, 1.54) is 13.0 Å². The maximum Gasteiger partial charge on any atom is 0.336 e. The van der Waals surface area contributed by atoms with Crippen molar-refractivity contribution in [1.29, 1.82) is 0 Å². The zero-order valence-electron chi connectivity index (χ0n) is 13.0. The lowest BCUT2D eigenvalue weighted by atomic mass is 10.1. The number of aliphatic hydroxyl groups is 1. The highest BCUT2D eigenvalue weighted by molar-refractivity contribution is 5.92. The van der Waals surface area contributed by atoms with Gasteiger partial charge in [-0.3, -0.25) is 9.69 Å². The third kappa shape index (κ3) is 4.51. The molecule has 0 radical (unpaired) electrons. The first-order chi connectivity index (χ1) is 11.0. The molecule has 6 heteroatoms. The van der Waals surface area contributed by atoms with Crippen LogP contribution in [0.15, 0.2) is 46.1 Å². The summed E-state index contributed by atoms with van der Waals surface area (Å²) in [4.78, 5) is 24.9. The molecule has 1 aromatic heterocycles. The first-order valence-electron chi connectivity index (χ1n) is 7.32. The molecule has 0 bridgehead atoms. The van der Waals surface area contributed by atoms with Crippen LogP contribution in [0.4, 0.5) is 5.69 Å². The first-order valence-corrected chi connectivity index (χ1v) is 7.32. The summed E-state index contributed by atoms with van der Waals surface area (Å²) in [6, 6.07) is 6.65. The van der Waals surface area contributed by atoms with Crippen LogP contribution in [-0.2, 0) is 11.3 Å².